The molecule has 2 atom stereocenters. The van der Waals surface area contributed by atoms with Crippen molar-refractivity contribution in [2.75, 3.05) is 6.61 Å². The predicted molar refractivity (Wildman–Crippen MR) is 77.4 cm³/mol. The minimum absolute atomic E-state index is 0.0514. The summed E-state index contributed by atoms with van der Waals surface area (Å²) >= 11 is 0. The number of rotatable bonds is 6. The molecule has 0 heterocycles. The molecule has 0 aromatic heterocycles. The molecule has 0 unspecified atom stereocenters. The number of ether oxygens (including phenoxy) is 1. The van der Waals surface area contributed by atoms with E-state index in [0.29, 0.717) is 6.61 Å². The summed E-state index contributed by atoms with van der Waals surface area (Å²) < 4.78 is 5.46. The Kier molecular flexibility index (Phi) is 6.19. The molecule has 19 heavy (non-hydrogen) atoms. The Morgan fingerprint density at radius 3 is 2.63 bits per heavy atom. The molecule has 4 heteroatoms. The first kappa shape index (κ1) is 15.3. The van der Waals surface area contributed by atoms with Gasteiger partial charge in [-0.05, 0) is 44.9 Å². The molecule has 0 aliphatic rings. The van der Waals surface area contributed by atoms with E-state index in [0.717, 1.165) is 17.7 Å². The van der Waals surface area contributed by atoms with E-state index in [2.05, 4.69) is 10.6 Å². The molecule has 0 saturated carbocycles. The first-order valence-corrected chi connectivity index (χ1v) is 6.86. The third-order valence-electron chi connectivity index (χ3n) is 3.01. The lowest BCUT2D eigenvalue weighted by Crippen LogP contribution is -2.41. The summed E-state index contributed by atoms with van der Waals surface area (Å²) in [7, 11) is 0. The van der Waals surface area contributed by atoms with Crippen molar-refractivity contribution in [2.45, 2.75) is 46.2 Å². The van der Waals surface area contributed by atoms with E-state index in [1.165, 1.54) is 0 Å². The van der Waals surface area contributed by atoms with Crippen LogP contribution in [0.3, 0.4) is 0 Å². The molecule has 0 aliphatic carbocycles. The van der Waals surface area contributed by atoms with E-state index in [-0.39, 0.29) is 18.1 Å². The highest BCUT2D eigenvalue weighted by Crippen LogP contribution is 2.19. The topological polar surface area (TPSA) is 50.4 Å². The van der Waals surface area contributed by atoms with E-state index in [1.807, 2.05) is 52.0 Å². The zero-order chi connectivity index (χ0) is 14.3. The summed E-state index contributed by atoms with van der Waals surface area (Å²) in [6.07, 6.45) is 0.918. The normalized spacial score (nSPS) is 13.5. The molecule has 106 valence electrons. The van der Waals surface area contributed by atoms with Gasteiger partial charge in [0.05, 0.1) is 12.6 Å². The number of nitrogens with one attached hydrogen (secondary N) is 2. The van der Waals surface area contributed by atoms with Crippen molar-refractivity contribution in [2.24, 2.45) is 0 Å². The molecule has 1 aromatic rings. The SMILES string of the molecule is CCOc1cccc([C@@H](C)NC(=O)N[C@@H](C)CC)c1. The summed E-state index contributed by atoms with van der Waals surface area (Å²) in [6.45, 7) is 8.58. The van der Waals surface area contributed by atoms with Crippen LogP contribution in [0, 0.1) is 0 Å². The summed E-state index contributed by atoms with van der Waals surface area (Å²) in [4.78, 5) is 11.8. The highest BCUT2D eigenvalue weighted by molar-refractivity contribution is 5.74. The maximum absolute atomic E-state index is 11.8. The second-order valence-corrected chi connectivity index (χ2v) is 4.65. The van der Waals surface area contributed by atoms with E-state index in [4.69, 9.17) is 4.74 Å². The van der Waals surface area contributed by atoms with Gasteiger partial charge < -0.3 is 15.4 Å². The average molecular weight is 264 g/mol. The molecule has 0 aliphatic heterocycles. The molecule has 0 spiro atoms. The van der Waals surface area contributed by atoms with Gasteiger partial charge in [0.1, 0.15) is 5.75 Å². The predicted octanol–water partition coefficient (Wildman–Crippen LogP) is 3.24. The number of carbonyl (C=O) groups excluding carboxylic acids is 1. The Morgan fingerprint density at radius 2 is 2.00 bits per heavy atom. The zero-order valence-electron chi connectivity index (χ0n) is 12.2. The lowest BCUT2D eigenvalue weighted by atomic mass is 10.1. The van der Waals surface area contributed by atoms with Crippen LogP contribution in [-0.2, 0) is 0 Å². The third kappa shape index (κ3) is 5.20. The van der Waals surface area contributed by atoms with Gasteiger partial charge in [0, 0.05) is 6.04 Å². The maximum Gasteiger partial charge on any atom is 0.315 e. The van der Waals surface area contributed by atoms with Crippen molar-refractivity contribution >= 4 is 6.03 Å². The Balaban J connectivity index is 2.59. The molecule has 0 saturated heterocycles. The molecule has 4 nitrogen and oxygen atoms in total. The largest absolute Gasteiger partial charge is 0.494 e. The zero-order valence-corrected chi connectivity index (χ0v) is 12.2. The Bertz CT molecular complexity index is 407. The van der Waals surface area contributed by atoms with Crippen LogP contribution in [0.5, 0.6) is 5.75 Å². The van der Waals surface area contributed by atoms with Gasteiger partial charge in [-0.3, -0.25) is 0 Å². The highest BCUT2D eigenvalue weighted by Gasteiger charge is 2.11. The van der Waals surface area contributed by atoms with Gasteiger partial charge in [-0.25, -0.2) is 4.79 Å². The van der Waals surface area contributed by atoms with Crippen LogP contribution < -0.4 is 15.4 Å². The van der Waals surface area contributed by atoms with Crippen molar-refractivity contribution in [1.82, 2.24) is 10.6 Å². The molecular weight excluding hydrogens is 240 g/mol. The highest BCUT2D eigenvalue weighted by atomic mass is 16.5. The van der Waals surface area contributed by atoms with E-state index in [9.17, 15) is 4.79 Å². The van der Waals surface area contributed by atoms with Gasteiger partial charge in [0.25, 0.3) is 0 Å². The van der Waals surface area contributed by atoms with E-state index < -0.39 is 0 Å². The Morgan fingerprint density at radius 1 is 1.26 bits per heavy atom. The van der Waals surface area contributed by atoms with Crippen molar-refractivity contribution in [3.8, 4) is 5.75 Å². The molecule has 2 amide bonds. The van der Waals surface area contributed by atoms with Gasteiger partial charge in [-0.15, -0.1) is 0 Å². The summed E-state index contributed by atoms with van der Waals surface area (Å²) in [5.41, 5.74) is 1.03. The minimum Gasteiger partial charge on any atom is -0.494 e. The quantitative estimate of drug-likeness (QED) is 0.828. The molecule has 0 bridgehead atoms. The van der Waals surface area contributed by atoms with Crippen molar-refractivity contribution in [3.63, 3.8) is 0 Å². The smallest absolute Gasteiger partial charge is 0.315 e. The van der Waals surface area contributed by atoms with Crippen LogP contribution in [0.1, 0.15) is 45.7 Å². The Labute approximate surface area is 115 Å². The van der Waals surface area contributed by atoms with Gasteiger partial charge in [-0.1, -0.05) is 19.1 Å². The summed E-state index contributed by atoms with van der Waals surface area (Å²) in [5, 5.41) is 5.81. The second-order valence-electron chi connectivity index (χ2n) is 4.65. The molecule has 0 radical (unpaired) electrons. The molecule has 1 aromatic carbocycles. The standard InChI is InChI=1S/C15H24N2O2/c1-5-11(3)16-15(18)17-12(4)13-8-7-9-14(10-13)19-6-2/h7-12H,5-6H2,1-4H3,(H2,16,17,18)/t11-,12+/m0/s1. The molecule has 2 N–H and O–H groups in total. The lowest BCUT2D eigenvalue weighted by molar-refractivity contribution is 0.234. The lowest BCUT2D eigenvalue weighted by Gasteiger charge is -2.18. The van der Waals surface area contributed by atoms with E-state index in [1.54, 1.807) is 0 Å². The van der Waals surface area contributed by atoms with E-state index >= 15 is 0 Å². The minimum atomic E-state index is -0.135. The van der Waals surface area contributed by atoms with Crippen LogP contribution in [-0.4, -0.2) is 18.7 Å². The van der Waals surface area contributed by atoms with Crippen molar-refractivity contribution in [1.29, 1.82) is 0 Å². The van der Waals surface area contributed by atoms with Crippen molar-refractivity contribution < 1.29 is 9.53 Å². The van der Waals surface area contributed by atoms with Gasteiger partial charge in [0.15, 0.2) is 0 Å². The van der Waals surface area contributed by atoms with Crippen LogP contribution in [0.4, 0.5) is 4.79 Å². The summed E-state index contributed by atoms with van der Waals surface area (Å²) in [6, 6.07) is 7.79. The van der Waals surface area contributed by atoms with Crippen LogP contribution >= 0.6 is 0 Å². The average Bonchev–Trinajstić information content (AvgIpc) is 2.39. The summed E-state index contributed by atoms with van der Waals surface area (Å²) in [5.74, 6) is 0.830. The molecule has 0 fully saturated rings. The maximum atomic E-state index is 11.8. The number of amides is 2. The Hall–Kier alpha value is -1.71. The van der Waals surface area contributed by atoms with Gasteiger partial charge in [-0.2, -0.15) is 0 Å². The van der Waals surface area contributed by atoms with Crippen LogP contribution in [0.2, 0.25) is 0 Å². The third-order valence-corrected chi connectivity index (χ3v) is 3.01. The first-order valence-electron chi connectivity index (χ1n) is 6.86. The fraction of sp³-hybridized carbons (Fsp3) is 0.533. The van der Waals surface area contributed by atoms with Gasteiger partial charge in [0.2, 0.25) is 0 Å². The molecule has 1 rings (SSSR count). The first-order chi connectivity index (χ1) is 9.06. The number of benzene rings is 1. The fourth-order valence-corrected chi connectivity index (χ4v) is 1.69. The van der Waals surface area contributed by atoms with Crippen molar-refractivity contribution in [3.05, 3.63) is 29.8 Å². The second kappa shape index (κ2) is 7.67. The van der Waals surface area contributed by atoms with Crippen LogP contribution in [0.15, 0.2) is 24.3 Å². The van der Waals surface area contributed by atoms with Crippen LogP contribution in [0.25, 0.3) is 0 Å². The fourth-order valence-electron chi connectivity index (χ4n) is 1.69. The number of carbonyl (C=O) groups is 1. The molecular formula is C15H24N2O2. The number of hydrogen-bond acceptors (Lipinski definition) is 2. The van der Waals surface area contributed by atoms with Gasteiger partial charge >= 0.3 is 6.03 Å². The number of urea groups is 1. The monoisotopic (exact) mass is 264 g/mol. The number of hydrogen-bond donors (Lipinski definition) is 2.